The summed E-state index contributed by atoms with van der Waals surface area (Å²) in [5, 5.41) is 3.76. The lowest BCUT2D eigenvalue weighted by Crippen LogP contribution is -2.22. The van der Waals surface area contributed by atoms with Crippen LogP contribution in [0.3, 0.4) is 0 Å². The van der Waals surface area contributed by atoms with E-state index in [0.29, 0.717) is 12.1 Å². The third-order valence-corrected chi connectivity index (χ3v) is 5.46. The van der Waals surface area contributed by atoms with Crippen molar-refractivity contribution < 1.29 is 0 Å². The van der Waals surface area contributed by atoms with E-state index in [1.165, 1.54) is 50.0 Å². The second kappa shape index (κ2) is 4.04. The summed E-state index contributed by atoms with van der Waals surface area (Å²) in [5.41, 5.74) is 2.35. The van der Waals surface area contributed by atoms with Crippen LogP contribution in [-0.2, 0) is 0 Å². The van der Waals surface area contributed by atoms with Crippen molar-refractivity contribution in [2.24, 2.45) is 11.8 Å². The van der Waals surface area contributed by atoms with Crippen molar-refractivity contribution in [1.82, 2.24) is 19.9 Å². The topological polar surface area (TPSA) is 42.7 Å². The van der Waals surface area contributed by atoms with Gasteiger partial charge in [0.15, 0.2) is 0 Å². The number of aromatic nitrogens is 3. The number of pyridine rings is 1. The van der Waals surface area contributed by atoms with Gasteiger partial charge in [0.2, 0.25) is 0 Å². The molecule has 1 aliphatic heterocycles. The summed E-state index contributed by atoms with van der Waals surface area (Å²) in [7, 11) is 0. The Morgan fingerprint density at radius 2 is 2.15 bits per heavy atom. The van der Waals surface area contributed by atoms with Crippen LogP contribution in [0, 0.1) is 11.8 Å². The molecule has 0 spiro atoms. The summed E-state index contributed by atoms with van der Waals surface area (Å²) in [4.78, 5) is 9.20. The second-order valence-corrected chi connectivity index (χ2v) is 6.68. The predicted octanol–water partition coefficient (Wildman–Crippen LogP) is 2.83. The molecule has 0 amide bonds. The molecule has 3 unspecified atom stereocenters. The summed E-state index contributed by atoms with van der Waals surface area (Å²) < 4.78 is 2.51. The van der Waals surface area contributed by atoms with Crippen LogP contribution in [0.4, 0.5) is 0 Å². The summed E-state index contributed by atoms with van der Waals surface area (Å²) in [6.07, 6.45) is 10.6. The van der Waals surface area contributed by atoms with E-state index in [1.54, 1.807) is 0 Å². The zero-order valence-electron chi connectivity index (χ0n) is 11.6. The first kappa shape index (κ1) is 11.3. The van der Waals surface area contributed by atoms with Crippen molar-refractivity contribution >= 4 is 11.0 Å². The maximum absolute atomic E-state index is 4.95. The quantitative estimate of drug-likeness (QED) is 0.910. The third kappa shape index (κ3) is 1.51. The van der Waals surface area contributed by atoms with Gasteiger partial charge < -0.3 is 9.88 Å². The minimum atomic E-state index is 0.468. The van der Waals surface area contributed by atoms with E-state index in [2.05, 4.69) is 20.9 Å². The molecule has 3 fully saturated rings. The van der Waals surface area contributed by atoms with Crippen molar-refractivity contribution in [3.05, 3.63) is 24.3 Å². The van der Waals surface area contributed by atoms with Gasteiger partial charge in [0.1, 0.15) is 11.3 Å². The Bertz CT molecular complexity index is 658. The summed E-state index contributed by atoms with van der Waals surface area (Å²) in [6.45, 7) is 1.18. The highest BCUT2D eigenvalue weighted by molar-refractivity contribution is 5.75. The molecule has 0 aromatic carbocycles. The van der Waals surface area contributed by atoms with E-state index in [0.717, 1.165) is 17.4 Å². The molecule has 3 aliphatic rings. The summed E-state index contributed by atoms with van der Waals surface area (Å²) >= 11 is 0. The van der Waals surface area contributed by atoms with Crippen molar-refractivity contribution in [2.75, 3.05) is 6.54 Å². The van der Waals surface area contributed by atoms with Gasteiger partial charge in [-0.2, -0.15) is 0 Å². The fraction of sp³-hybridized carbons (Fsp3) is 0.625. The van der Waals surface area contributed by atoms with Crippen molar-refractivity contribution in [3.63, 3.8) is 0 Å². The van der Waals surface area contributed by atoms with Crippen LogP contribution in [0.25, 0.3) is 11.0 Å². The first-order valence-corrected chi connectivity index (χ1v) is 7.97. The molecule has 3 heterocycles. The van der Waals surface area contributed by atoms with Gasteiger partial charge in [-0.25, -0.2) is 4.98 Å². The molecule has 2 aromatic heterocycles. The van der Waals surface area contributed by atoms with Crippen LogP contribution in [0.2, 0.25) is 0 Å². The average Bonchev–Trinajstić information content (AvgIpc) is 2.92. The van der Waals surface area contributed by atoms with E-state index in [9.17, 15) is 0 Å². The molecule has 0 bridgehead atoms. The van der Waals surface area contributed by atoms with Gasteiger partial charge in [0.25, 0.3) is 0 Å². The van der Waals surface area contributed by atoms with Crippen molar-refractivity contribution in [3.8, 4) is 0 Å². The molecule has 4 heteroatoms. The fourth-order valence-corrected chi connectivity index (χ4v) is 4.38. The number of nitrogens with zero attached hydrogens (tertiary/aromatic N) is 3. The number of nitrogens with one attached hydrogen (secondary N) is 1. The fourth-order valence-electron chi connectivity index (χ4n) is 4.38. The lowest BCUT2D eigenvalue weighted by atomic mass is 9.93. The van der Waals surface area contributed by atoms with Gasteiger partial charge in [0, 0.05) is 12.2 Å². The third-order valence-electron chi connectivity index (χ3n) is 5.46. The SMILES string of the molecule is c1cc2c(cn1)nc(C1NCC3CCCC31)n2C1CC1. The van der Waals surface area contributed by atoms with Crippen LogP contribution in [0.5, 0.6) is 0 Å². The Labute approximate surface area is 118 Å². The highest BCUT2D eigenvalue weighted by Gasteiger charge is 2.43. The number of imidazole rings is 1. The minimum Gasteiger partial charge on any atom is -0.323 e. The van der Waals surface area contributed by atoms with Crippen LogP contribution in [0.1, 0.15) is 50.0 Å². The standard InChI is InChI=1S/C16H20N4/c1-2-10-8-18-15(12(10)3-1)16-19-13-9-17-7-6-14(13)20(16)11-4-5-11/h6-7,9-12,15,18H,1-5,8H2. The van der Waals surface area contributed by atoms with Gasteiger partial charge >= 0.3 is 0 Å². The maximum atomic E-state index is 4.95. The van der Waals surface area contributed by atoms with E-state index in [-0.39, 0.29) is 0 Å². The van der Waals surface area contributed by atoms with Crippen LogP contribution < -0.4 is 5.32 Å². The van der Waals surface area contributed by atoms with Gasteiger partial charge in [-0.05, 0) is 50.1 Å². The molecule has 104 valence electrons. The second-order valence-electron chi connectivity index (χ2n) is 6.68. The molecule has 3 atom stereocenters. The number of hydrogen-bond acceptors (Lipinski definition) is 3. The van der Waals surface area contributed by atoms with E-state index >= 15 is 0 Å². The Morgan fingerprint density at radius 3 is 3.05 bits per heavy atom. The molecule has 5 rings (SSSR count). The Morgan fingerprint density at radius 1 is 1.20 bits per heavy atom. The Hall–Kier alpha value is -1.42. The summed E-state index contributed by atoms with van der Waals surface area (Å²) in [6, 6.07) is 3.28. The Kier molecular flexibility index (Phi) is 2.28. The summed E-state index contributed by atoms with van der Waals surface area (Å²) in [5.74, 6) is 2.97. The Balaban J connectivity index is 1.66. The van der Waals surface area contributed by atoms with Gasteiger partial charge in [-0.1, -0.05) is 6.42 Å². The van der Waals surface area contributed by atoms with Gasteiger partial charge in [-0.3, -0.25) is 4.98 Å². The van der Waals surface area contributed by atoms with E-state index < -0.39 is 0 Å². The molecule has 1 saturated heterocycles. The predicted molar refractivity (Wildman–Crippen MR) is 77.4 cm³/mol. The molecular formula is C16H20N4. The number of hydrogen-bond donors (Lipinski definition) is 1. The molecule has 2 saturated carbocycles. The van der Waals surface area contributed by atoms with Crippen LogP contribution in [-0.4, -0.2) is 21.1 Å². The zero-order chi connectivity index (χ0) is 13.1. The van der Waals surface area contributed by atoms with Crippen LogP contribution >= 0.6 is 0 Å². The molecule has 1 N–H and O–H groups in total. The van der Waals surface area contributed by atoms with Crippen molar-refractivity contribution in [1.29, 1.82) is 0 Å². The maximum Gasteiger partial charge on any atom is 0.127 e. The first-order chi connectivity index (χ1) is 9.92. The molecule has 2 aliphatic carbocycles. The van der Waals surface area contributed by atoms with Crippen LogP contribution in [0.15, 0.2) is 18.5 Å². The molecule has 4 nitrogen and oxygen atoms in total. The molecule has 20 heavy (non-hydrogen) atoms. The minimum absolute atomic E-state index is 0.468. The van der Waals surface area contributed by atoms with Gasteiger partial charge in [-0.15, -0.1) is 0 Å². The van der Waals surface area contributed by atoms with E-state index in [1.807, 2.05) is 12.4 Å². The molecular weight excluding hydrogens is 248 g/mol. The zero-order valence-corrected chi connectivity index (χ0v) is 11.6. The number of rotatable bonds is 2. The largest absolute Gasteiger partial charge is 0.323 e. The smallest absolute Gasteiger partial charge is 0.127 e. The van der Waals surface area contributed by atoms with Crippen molar-refractivity contribution in [2.45, 2.75) is 44.2 Å². The lowest BCUT2D eigenvalue weighted by Gasteiger charge is -2.19. The first-order valence-electron chi connectivity index (χ1n) is 7.97. The number of fused-ring (bicyclic) bond motifs is 2. The van der Waals surface area contributed by atoms with E-state index in [4.69, 9.17) is 4.98 Å². The normalized spacial score (nSPS) is 32.9. The lowest BCUT2D eigenvalue weighted by molar-refractivity contribution is 0.398. The molecule has 2 aromatic rings. The highest BCUT2D eigenvalue weighted by Crippen LogP contribution is 2.47. The van der Waals surface area contributed by atoms with Gasteiger partial charge in [0.05, 0.1) is 17.8 Å². The molecule has 0 radical (unpaired) electrons. The average molecular weight is 268 g/mol. The highest BCUT2D eigenvalue weighted by atomic mass is 15.2. The monoisotopic (exact) mass is 268 g/mol.